The molecule has 2 aromatic heterocycles. The maximum Gasteiger partial charge on any atom is 0.332 e. The zero-order valence-corrected chi connectivity index (χ0v) is 21.1. The molecule has 2 N–H and O–H groups in total. The number of rotatable bonds is 6. The lowest BCUT2D eigenvalue weighted by Gasteiger charge is -2.25. The van der Waals surface area contributed by atoms with E-state index in [1.54, 1.807) is 12.1 Å². The molecule has 1 saturated carbocycles. The zero-order valence-electron chi connectivity index (χ0n) is 18.8. The van der Waals surface area contributed by atoms with E-state index in [9.17, 15) is 14.4 Å². The Morgan fingerprint density at radius 2 is 1.82 bits per heavy atom. The van der Waals surface area contributed by atoms with Crippen molar-refractivity contribution in [3.63, 3.8) is 0 Å². The van der Waals surface area contributed by atoms with Gasteiger partial charge in [-0.1, -0.05) is 54.2 Å². The molecule has 9 nitrogen and oxygen atoms in total. The van der Waals surface area contributed by atoms with E-state index in [4.69, 9.17) is 28.9 Å². The van der Waals surface area contributed by atoms with Gasteiger partial charge in [-0.15, -0.1) is 10.2 Å². The first-order valence-electron chi connectivity index (χ1n) is 10.8. The Balaban J connectivity index is 1.69. The number of hydrogen-bond donors (Lipinski definition) is 1. The number of nitrogens with two attached hydrogens (primary N) is 1. The van der Waals surface area contributed by atoms with Crippen LogP contribution in [0.15, 0.2) is 32.9 Å². The topological polar surface area (TPSA) is 118 Å². The van der Waals surface area contributed by atoms with Gasteiger partial charge in [-0.3, -0.25) is 23.3 Å². The van der Waals surface area contributed by atoms with E-state index >= 15 is 0 Å². The number of carbonyl (C=O) groups excluding carboxylic acids is 1. The second-order valence-electron chi connectivity index (χ2n) is 8.27. The molecule has 1 fully saturated rings. The lowest BCUT2D eigenvalue weighted by atomic mass is 9.95. The van der Waals surface area contributed by atoms with Crippen LogP contribution < -0.4 is 17.0 Å². The van der Waals surface area contributed by atoms with Crippen LogP contribution in [0.1, 0.15) is 48.5 Å². The molecule has 0 spiro atoms. The molecule has 0 unspecified atom stereocenters. The fraction of sp³-hybridized carbons (Fsp3) is 0.409. The number of ketones is 1. The summed E-state index contributed by atoms with van der Waals surface area (Å²) < 4.78 is 4.00. The first-order chi connectivity index (χ1) is 16.2. The third-order valence-electron chi connectivity index (χ3n) is 6.10. The molecule has 4 rings (SSSR count). The van der Waals surface area contributed by atoms with Crippen molar-refractivity contribution in [2.24, 2.45) is 14.1 Å². The molecule has 3 aromatic rings. The van der Waals surface area contributed by atoms with Crippen molar-refractivity contribution in [2.45, 2.75) is 43.3 Å². The first kappa shape index (κ1) is 24.6. The second-order valence-corrected chi connectivity index (χ2v) is 10.1. The van der Waals surface area contributed by atoms with Crippen molar-refractivity contribution >= 4 is 46.6 Å². The monoisotopic (exact) mass is 522 g/mol. The van der Waals surface area contributed by atoms with Gasteiger partial charge in [0.25, 0.3) is 5.56 Å². The minimum absolute atomic E-state index is 0.0865. The molecule has 0 amide bonds. The van der Waals surface area contributed by atoms with Crippen LogP contribution in [0.2, 0.25) is 10.0 Å². The van der Waals surface area contributed by atoms with Gasteiger partial charge < -0.3 is 5.73 Å². The number of benzene rings is 1. The molecule has 0 radical (unpaired) electrons. The SMILES string of the molecule is Cn1c(N)c(C(=O)CSc2nnc(-c3ccc(Cl)cc3Cl)n2C2CCCCC2)c(=O)n(C)c1=O. The van der Waals surface area contributed by atoms with Crippen LogP contribution in [0, 0.1) is 0 Å². The van der Waals surface area contributed by atoms with E-state index in [0.29, 0.717) is 26.6 Å². The minimum Gasteiger partial charge on any atom is -0.384 e. The Morgan fingerprint density at radius 1 is 1.12 bits per heavy atom. The minimum atomic E-state index is -0.714. The molecular weight excluding hydrogens is 499 g/mol. The largest absolute Gasteiger partial charge is 0.384 e. The van der Waals surface area contributed by atoms with Gasteiger partial charge in [0.05, 0.1) is 10.8 Å². The van der Waals surface area contributed by atoms with Gasteiger partial charge in [-0.05, 0) is 31.0 Å². The smallest absolute Gasteiger partial charge is 0.332 e. The van der Waals surface area contributed by atoms with E-state index in [1.807, 2.05) is 10.6 Å². The quantitative estimate of drug-likeness (QED) is 0.387. The van der Waals surface area contributed by atoms with Crippen LogP contribution in [-0.4, -0.2) is 35.4 Å². The summed E-state index contributed by atoms with van der Waals surface area (Å²) in [4.78, 5) is 37.6. The summed E-state index contributed by atoms with van der Waals surface area (Å²) in [6, 6.07) is 5.38. The summed E-state index contributed by atoms with van der Waals surface area (Å²) in [6.45, 7) is 0. The average molecular weight is 523 g/mol. The fourth-order valence-corrected chi connectivity index (χ4v) is 5.59. The number of hydrogen-bond acceptors (Lipinski definition) is 7. The lowest BCUT2D eigenvalue weighted by Crippen LogP contribution is -2.41. The fourth-order valence-electron chi connectivity index (χ4n) is 4.22. The van der Waals surface area contributed by atoms with Gasteiger partial charge in [0.1, 0.15) is 11.4 Å². The van der Waals surface area contributed by atoms with E-state index in [1.165, 1.54) is 32.3 Å². The van der Waals surface area contributed by atoms with Crippen LogP contribution in [0.25, 0.3) is 11.4 Å². The first-order valence-corrected chi connectivity index (χ1v) is 12.6. The standard InChI is InChI=1S/C22H24Cl2N6O3S/c1-28-18(25)17(20(32)29(2)22(28)33)16(31)11-34-21-27-26-19(14-9-8-12(23)10-15(14)24)30(21)13-6-4-3-5-7-13/h8-10,13H,3-7,11,25H2,1-2H3. The Bertz CT molecular complexity index is 1370. The van der Waals surface area contributed by atoms with Gasteiger partial charge in [0.2, 0.25) is 0 Å². The van der Waals surface area contributed by atoms with Gasteiger partial charge in [0.15, 0.2) is 16.8 Å². The molecule has 1 aromatic carbocycles. The molecular formula is C22H24Cl2N6O3S. The number of Topliss-reactive ketones (excluding diaryl/α,β-unsaturated/α-hetero) is 1. The van der Waals surface area contributed by atoms with Crippen LogP contribution in [0.5, 0.6) is 0 Å². The second kappa shape index (κ2) is 9.97. The lowest BCUT2D eigenvalue weighted by molar-refractivity contribution is 0.102. The third-order valence-corrected chi connectivity index (χ3v) is 7.59. The Hall–Kier alpha value is -2.56. The van der Waals surface area contributed by atoms with Crippen molar-refractivity contribution in [1.82, 2.24) is 23.9 Å². The Morgan fingerprint density at radius 3 is 2.50 bits per heavy atom. The van der Waals surface area contributed by atoms with Crippen molar-refractivity contribution in [1.29, 1.82) is 0 Å². The number of nitrogen functional groups attached to an aromatic ring is 1. The molecule has 2 heterocycles. The maximum atomic E-state index is 13.0. The number of nitrogens with zero attached hydrogens (tertiary/aromatic N) is 5. The normalized spacial score (nSPS) is 14.5. The van der Waals surface area contributed by atoms with Gasteiger partial charge in [-0.2, -0.15) is 0 Å². The summed E-state index contributed by atoms with van der Waals surface area (Å²) in [7, 11) is 2.73. The van der Waals surface area contributed by atoms with E-state index < -0.39 is 17.0 Å². The summed E-state index contributed by atoms with van der Waals surface area (Å²) in [5.41, 5.74) is 5.14. The molecule has 0 aliphatic heterocycles. The predicted octanol–water partition coefficient (Wildman–Crippen LogP) is 3.71. The highest BCUT2D eigenvalue weighted by Crippen LogP contribution is 2.38. The molecule has 1 aliphatic rings. The average Bonchev–Trinajstić information content (AvgIpc) is 3.24. The van der Waals surface area contributed by atoms with Gasteiger partial charge >= 0.3 is 5.69 Å². The van der Waals surface area contributed by atoms with Crippen molar-refractivity contribution in [3.8, 4) is 11.4 Å². The van der Waals surface area contributed by atoms with Gasteiger partial charge in [0, 0.05) is 30.7 Å². The van der Waals surface area contributed by atoms with Crippen LogP contribution in [0.3, 0.4) is 0 Å². The highest BCUT2D eigenvalue weighted by molar-refractivity contribution is 7.99. The molecule has 12 heteroatoms. The molecule has 0 bridgehead atoms. The van der Waals surface area contributed by atoms with Crippen LogP contribution in [-0.2, 0) is 14.1 Å². The number of carbonyl (C=O) groups is 1. The Kier molecular flexibility index (Phi) is 7.20. The van der Waals surface area contributed by atoms with E-state index in [-0.39, 0.29) is 23.2 Å². The van der Waals surface area contributed by atoms with Crippen molar-refractivity contribution in [2.75, 3.05) is 11.5 Å². The summed E-state index contributed by atoms with van der Waals surface area (Å²) in [5, 5.41) is 10.3. The summed E-state index contributed by atoms with van der Waals surface area (Å²) in [5.74, 6) is -0.110. The zero-order chi connectivity index (χ0) is 24.6. The number of halogens is 2. The maximum absolute atomic E-state index is 13.0. The molecule has 1 aliphatic carbocycles. The summed E-state index contributed by atoms with van der Waals surface area (Å²) in [6.07, 6.45) is 5.28. The number of anilines is 1. The van der Waals surface area contributed by atoms with Crippen LogP contribution in [0.4, 0.5) is 5.82 Å². The number of thioether (sulfide) groups is 1. The predicted molar refractivity (Wildman–Crippen MR) is 134 cm³/mol. The Labute approximate surface area is 209 Å². The van der Waals surface area contributed by atoms with Gasteiger partial charge in [-0.25, -0.2) is 4.79 Å². The van der Waals surface area contributed by atoms with Crippen LogP contribution >= 0.6 is 35.0 Å². The highest BCUT2D eigenvalue weighted by atomic mass is 35.5. The van der Waals surface area contributed by atoms with Crippen molar-refractivity contribution in [3.05, 3.63) is 54.6 Å². The van der Waals surface area contributed by atoms with E-state index in [2.05, 4.69) is 10.2 Å². The molecule has 180 valence electrons. The number of aromatic nitrogens is 5. The third kappa shape index (κ3) is 4.54. The molecule has 0 atom stereocenters. The highest BCUT2D eigenvalue weighted by Gasteiger charge is 2.27. The molecule has 34 heavy (non-hydrogen) atoms. The van der Waals surface area contributed by atoms with Crippen molar-refractivity contribution < 1.29 is 4.79 Å². The molecule has 0 saturated heterocycles. The summed E-state index contributed by atoms with van der Waals surface area (Å²) >= 11 is 13.7. The van der Waals surface area contributed by atoms with E-state index in [0.717, 1.165) is 34.8 Å².